The first kappa shape index (κ1) is 14.5. The monoisotopic (exact) mass is 280 g/mol. The molecule has 0 radical (unpaired) electrons. The zero-order valence-corrected chi connectivity index (χ0v) is 11.7. The van der Waals surface area contributed by atoms with Crippen LogP contribution in [0.3, 0.4) is 0 Å². The van der Waals surface area contributed by atoms with E-state index < -0.39 is 11.4 Å². The van der Waals surface area contributed by atoms with Crippen LogP contribution in [0, 0.1) is 5.82 Å². The van der Waals surface area contributed by atoms with Gasteiger partial charge in [0.2, 0.25) is 11.8 Å². The highest BCUT2D eigenvalue weighted by Gasteiger charge is 2.39. The van der Waals surface area contributed by atoms with Crippen LogP contribution in [0.25, 0.3) is 0 Å². The number of nitrogens with one attached hydrogen (secondary N) is 1. The van der Waals surface area contributed by atoms with E-state index in [-0.39, 0.29) is 30.5 Å². The maximum atomic E-state index is 13.9. The number of hydrogen-bond donors (Lipinski definition) is 1. The van der Waals surface area contributed by atoms with E-state index in [4.69, 9.17) is 4.74 Å². The number of nitrogens with zero attached hydrogens (tertiary/aromatic N) is 1. The van der Waals surface area contributed by atoms with Gasteiger partial charge in [0.1, 0.15) is 11.6 Å². The fraction of sp³-hybridized carbons (Fsp3) is 0.429. The van der Waals surface area contributed by atoms with Gasteiger partial charge in [-0.15, -0.1) is 0 Å². The van der Waals surface area contributed by atoms with Gasteiger partial charge in [-0.25, -0.2) is 4.39 Å². The Labute approximate surface area is 116 Å². The highest BCUT2D eigenvalue weighted by molar-refractivity contribution is 6.02. The molecule has 0 saturated carbocycles. The normalized spacial score (nSPS) is 18.3. The van der Waals surface area contributed by atoms with E-state index in [1.165, 1.54) is 19.2 Å². The first-order valence-corrected chi connectivity index (χ1v) is 6.27. The molecular formula is C14H17FN2O3. The van der Waals surface area contributed by atoms with Crippen molar-refractivity contribution in [3.8, 4) is 5.75 Å². The zero-order valence-electron chi connectivity index (χ0n) is 11.7. The molecule has 108 valence electrons. The van der Waals surface area contributed by atoms with Crippen LogP contribution in [0.1, 0.15) is 19.4 Å². The topological polar surface area (TPSA) is 58.6 Å². The van der Waals surface area contributed by atoms with Crippen LogP contribution in [0.2, 0.25) is 0 Å². The number of hydrogen-bond acceptors (Lipinski definition) is 4. The van der Waals surface area contributed by atoms with Crippen LogP contribution >= 0.6 is 0 Å². The lowest BCUT2D eigenvalue weighted by atomic mass is 10.00. The molecule has 5 nitrogen and oxygen atoms in total. The van der Waals surface area contributed by atoms with E-state index in [1.54, 1.807) is 19.9 Å². The molecule has 1 aromatic carbocycles. The van der Waals surface area contributed by atoms with E-state index in [0.29, 0.717) is 5.75 Å². The van der Waals surface area contributed by atoms with Crippen molar-refractivity contribution in [1.82, 2.24) is 10.2 Å². The number of halogens is 1. The van der Waals surface area contributed by atoms with E-state index in [9.17, 15) is 14.0 Å². The standard InChI is InChI=1S/C14H17FN2O3/c1-14(2)13(19)17(12(18)7-16-14)8-9-4-5-10(20-3)6-11(9)15/h4-6,16H,7-8H2,1-3H3. The van der Waals surface area contributed by atoms with E-state index in [1.807, 2.05) is 0 Å². The van der Waals surface area contributed by atoms with Crippen molar-refractivity contribution < 1.29 is 18.7 Å². The summed E-state index contributed by atoms with van der Waals surface area (Å²) >= 11 is 0. The van der Waals surface area contributed by atoms with Crippen molar-refractivity contribution in [3.05, 3.63) is 29.6 Å². The number of benzene rings is 1. The number of carbonyl (C=O) groups excluding carboxylic acids is 2. The van der Waals surface area contributed by atoms with Crippen molar-refractivity contribution in [1.29, 1.82) is 0 Å². The van der Waals surface area contributed by atoms with E-state index in [0.717, 1.165) is 4.90 Å². The van der Waals surface area contributed by atoms with Crippen LogP contribution < -0.4 is 10.1 Å². The summed E-state index contributed by atoms with van der Waals surface area (Å²) in [5, 5.41) is 2.85. The van der Waals surface area contributed by atoms with Gasteiger partial charge in [0.15, 0.2) is 0 Å². The number of ether oxygens (including phenoxy) is 1. The molecule has 6 heteroatoms. The van der Waals surface area contributed by atoms with Gasteiger partial charge in [-0.3, -0.25) is 19.8 Å². The molecule has 0 aromatic heterocycles. The minimum Gasteiger partial charge on any atom is -0.497 e. The van der Waals surface area contributed by atoms with Crippen molar-refractivity contribution >= 4 is 11.8 Å². The highest BCUT2D eigenvalue weighted by atomic mass is 19.1. The second-order valence-corrected chi connectivity index (χ2v) is 5.22. The number of methoxy groups -OCH3 is 1. The predicted molar refractivity (Wildman–Crippen MR) is 70.6 cm³/mol. The lowest BCUT2D eigenvalue weighted by Crippen LogP contribution is -2.63. The van der Waals surface area contributed by atoms with Gasteiger partial charge in [-0.1, -0.05) is 6.07 Å². The van der Waals surface area contributed by atoms with Gasteiger partial charge in [0.05, 0.1) is 25.7 Å². The molecule has 0 bridgehead atoms. The maximum Gasteiger partial charge on any atom is 0.249 e. The lowest BCUT2D eigenvalue weighted by molar-refractivity contribution is -0.153. The van der Waals surface area contributed by atoms with E-state index in [2.05, 4.69) is 5.32 Å². The molecule has 1 aliphatic heterocycles. The molecule has 20 heavy (non-hydrogen) atoms. The molecule has 1 N–H and O–H groups in total. The van der Waals surface area contributed by atoms with Crippen LogP contribution in [0.4, 0.5) is 4.39 Å². The maximum absolute atomic E-state index is 13.9. The summed E-state index contributed by atoms with van der Waals surface area (Å²) in [7, 11) is 1.44. The van der Waals surface area contributed by atoms with Gasteiger partial charge < -0.3 is 4.74 Å². The average Bonchev–Trinajstić information content (AvgIpc) is 2.41. The molecule has 0 atom stereocenters. The molecular weight excluding hydrogens is 263 g/mol. The summed E-state index contributed by atoms with van der Waals surface area (Å²) < 4.78 is 18.8. The molecule has 0 spiro atoms. The predicted octanol–water partition coefficient (Wildman–Crippen LogP) is 1.07. The second kappa shape index (κ2) is 5.20. The summed E-state index contributed by atoms with van der Waals surface area (Å²) in [6, 6.07) is 4.35. The van der Waals surface area contributed by atoms with Crippen LogP contribution in [-0.2, 0) is 16.1 Å². The fourth-order valence-electron chi connectivity index (χ4n) is 2.03. The largest absolute Gasteiger partial charge is 0.497 e. The van der Waals surface area contributed by atoms with Crippen molar-refractivity contribution in [2.45, 2.75) is 25.9 Å². The second-order valence-electron chi connectivity index (χ2n) is 5.22. The highest BCUT2D eigenvalue weighted by Crippen LogP contribution is 2.21. The fourth-order valence-corrected chi connectivity index (χ4v) is 2.03. The molecule has 0 unspecified atom stereocenters. The number of piperazine rings is 1. The number of imide groups is 1. The molecule has 1 fully saturated rings. The minimum absolute atomic E-state index is 0.0660. The average molecular weight is 280 g/mol. The summed E-state index contributed by atoms with van der Waals surface area (Å²) in [6.45, 7) is 3.38. The summed E-state index contributed by atoms with van der Waals surface area (Å²) in [4.78, 5) is 25.1. The third-order valence-corrected chi connectivity index (χ3v) is 3.35. The Bertz CT molecular complexity index is 557. The molecule has 1 aliphatic rings. The summed E-state index contributed by atoms with van der Waals surface area (Å²) in [5.74, 6) is -0.820. The molecule has 1 aromatic rings. The minimum atomic E-state index is -0.823. The molecule has 2 rings (SSSR count). The number of amides is 2. The Morgan fingerprint density at radius 3 is 2.70 bits per heavy atom. The third kappa shape index (κ3) is 2.65. The van der Waals surface area contributed by atoms with Gasteiger partial charge >= 0.3 is 0 Å². The molecule has 2 amide bonds. The molecule has 1 heterocycles. The van der Waals surface area contributed by atoms with Crippen molar-refractivity contribution in [2.75, 3.05) is 13.7 Å². The molecule has 1 saturated heterocycles. The van der Waals surface area contributed by atoms with Crippen LogP contribution in [-0.4, -0.2) is 35.9 Å². The van der Waals surface area contributed by atoms with Gasteiger partial charge in [-0.05, 0) is 19.9 Å². The first-order valence-electron chi connectivity index (χ1n) is 6.27. The zero-order chi connectivity index (χ0) is 14.9. The molecule has 0 aliphatic carbocycles. The Hall–Kier alpha value is -1.95. The summed E-state index contributed by atoms with van der Waals surface area (Å²) in [6.07, 6.45) is 0. The van der Waals surface area contributed by atoms with Crippen molar-refractivity contribution in [3.63, 3.8) is 0 Å². The first-order chi connectivity index (χ1) is 9.35. The van der Waals surface area contributed by atoms with Gasteiger partial charge in [0, 0.05) is 11.6 Å². The Kier molecular flexibility index (Phi) is 3.76. The summed E-state index contributed by atoms with van der Waals surface area (Å²) in [5.41, 5.74) is -0.540. The van der Waals surface area contributed by atoms with Crippen molar-refractivity contribution in [2.24, 2.45) is 0 Å². The smallest absolute Gasteiger partial charge is 0.249 e. The lowest BCUT2D eigenvalue weighted by Gasteiger charge is -2.36. The Morgan fingerprint density at radius 1 is 1.40 bits per heavy atom. The Morgan fingerprint density at radius 2 is 2.10 bits per heavy atom. The number of rotatable bonds is 3. The Balaban J connectivity index is 2.24. The SMILES string of the molecule is COc1ccc(CN2C(=O)CNC(C)(C)C2=O)c(F)c1. The van der Waals surface area contributed by atoms with E-state index >= 15 is 0 Å². The van der Waals surface area contributed by atoms with Crippen LogP contribution in [0.15, 0.2) is 18.2 Å². The van der Waals surface area contributed by atoms with Gasteiger partial charge in [-0.2, -0.15) is 0 Å². The third-order valence-electron chi connectivity index (χ3n) is 3.35. The van der Waals surface area contributed by atoms with Gasteiger partial charge in [0.25, 0.3) is 0 Å². The number of carbonyl (C=O) groups is 2. The van der Waals surface area contributed by atoms with Crippen LogP contribution in [0.5, 0.6) is 5.75 Å². The quantitative estimate of drug-likeness (QED) is 0.842.